The molecule has 0 atom stereocenters. The van der Waals surface area contributed by atoms with Crippen molar-refractivity contribution in [3.63, 3.8) is 0 Å². The van der Waals surface area contributed by atoms with Gasteiger partial charge in [-0.1, -0.05) is 29.5 Å². The van der Waals surface area contributed by atoms with Crippen molar-refractivity contribution in [3.05, 3.63) is 59.4 Å². The van der Waals surface area contributed by atoms with Crippen molar-refractivity contribution in [3.8, 4) is 0 Å². The van der Waals surface area contributed by atoms with Crippen LogP contribution in [0.2, 0.25) is 0 Å². The Balaban J connectivity index is 1.51. The number of benzene rings is 2. The Morgan fingerprint density at radius 1 is 0.968 bits per heavy atom. The van der Waals surface area contributed by atoms with Gasteiger partial charge in [-0.3, -0.25) is 23.7 Å². The molecule has 1 aliphatic heterocycles. The van der Waals surface area contributed by atoms with E-state index in [9.17, 15) is 14.2 Å². The molecule has 162 valence electrons. The van der Waals surface area contributed by atoms with E-state index in [1.54, 1.807) is 44.3 Å². The molecule has 0 fully saturated rings. The molecular formula is C21H23N4O5P. The maximum Gasteiger partial charge on any atom is 0.332 e. The van der Waals surface area contributed by atoms with Crippen molar-refractivity contribution in [1.82, 2.24) is 19.9 Å². The normalized spacial score (nSPS) is 13.9. The molecule has 10 heteroatoms. The highest BCUT2D eigenvalue weighted by Gasteiger charge is 2.33. The van der Waals surface area contributed by atoms with Crippen molar-refractivity contribution in [2.45, 2.75) is 26.9 Å². The van der Waals surface area contributed by atoms with Crippen molar-refractivity contribution in [2.75, 3.05) is 19.4 Å². The van der Waals surface area contributed by atoms with E-state index in [-0.39, 0.29) is 44.3 Å². The van der Waals surface area contributed by atoms with Gasteiger partial charge in [-0.2, -0.15) is 0 Å². The largest absolute Gasteiger partial charge is 0.332 e. The van der Waals surface area contributed by atoms with Crippen molar-refractivity contribution in [1.29, 1.82) is 0 Å². The Morgan fingerprint density at radius 2 is 1.58 bits per heavy atom. The lowest BCUT2D eigenvalue weighted by Crippen LogP contribution is -2.39. The first-order valence-corrected chi connectivity index (χ1v) is 11.8. The third-order valence-corrected chi connectivity index (χ3v) is 7.07. The summed E-state index contributed by atoms with van der Waals surface area (Å²) < 4.78 is 24.7. The molecule has 0 saturated carbocycles. The molecule has 2 heterocycles. The second kappa shape index (κ2) is 8.70. The molecule has 1 aromatic heterocycles. The summed E-state index contributed by atoms with van der Waals surface area (Å²) in [5, 5.41) is 9.64. The van der Waals surface area contributed by atoms with Crippen LogP contribution in [0.3, 0.4) is 0 Å². The number of aromatic nitrogens is 3. The number of hydrogen-bond acceptors (Lipinski definition) is 7. The van der Waals surface area contributed by atoms with Gasteiger partial charge in [0, 0.05) is 16.5 Å². The lowest BCUT2D eigenvalue weighted by molar-refractivity contribution is 0.0596. The van der Waals surface area contributed by atoms with E-state index in [1.807, 2.05) is 12.1 Å². The quantitative estimate of drug-likeness (QED) is 0.369. The van der Waals surface area contributed by atoms with Gasteiger partial charge in [0.2, 0.25) is 0 Å². The smallest absolute Gasteiger partial charge is 0.309 e. The van der Waals surface area contributed by atoms with Gasteiger partial charge < -0.3 is 9.05 Å². The van der Waals surface area contributed by atoms with Crippen LogP contribution in [-0.2, 0) is 26.7 Å². The molecule has 0 N–H and O–H groups in total. The highest BCUT2D eigenvalue weighted by atomic mass is 31.2. The van der Waals surface area contributed by atoms with E-state index in [0.717, 1.165) is 5.39 Å². The van der Waals surface area contributed by atoms with Crippen LogP contribution in [0, 0.1) is 0 Å². The topological polar surface area (TPSA) is 104 Å². The highest BCUT2D eigenvalue weighted by Crippen LogP contribution is 2.47. The van der Waals surface area contributed by atoms with Gasteiger partial charge in [0.05, 0.1) is 38.7 Å². The summed E-state index contributed by atoms with van der Waals surface area (Å²) in [6.07, 6.45) is 1.78. The minimum Gasteiger partial charge on any atom is -0.309 e. The Hall–Kier alpha value is -2.87. The lowest BCUT2D eigenvalue weighted by atomic mass is 9.94. The summed E-state index contributed by atoms with van der Waals surface area (Å²) >= 11 is 0. The number of imide groups is 1. The van der Waals surface area contributed by atoms with Crippen LogP contribution in [0.5, 0.6) is 0 Å². The minimum atomic E-state index is -3.20. The minimum absolute atomic E-state index is 0.00301. The van der Waals surface area contributed by atoms with Crippen LogP contribution in [0.1, 0.15) is 40.3 Å². The zero-order valence-electron chi connectivity index (χ0n) is 17.4. The predicted octanol–water partition coefficient (Wildman–Crippen LogP) is 3.49. The molecule has 0 bridgehead atoms. The van der Waals surface area contributed by atoms with E-state index in [2.05, 4.69) is 10.3 Å². The summed E-state index contributed by atoms with van der Waals surface area (Å²) in [6.45, 7) is 4.35. The number of aryl methyl sites for hydroxylation is 1. The predicted molar refractivity (Wildman–Crippen MR) is 114 cm³/mol. The molecule has 0 saturated heterocycles. The van der Waals surface area contributed by atoms with Crippen LogP contribution in [0.25, 0.3) is 10.8 Å². The van der Waals surface area contributed by atoms with E-state index in [1.165, 1.54) is 9.58 Å². The fourth-order valence-electron chi connectivity index (χ4n) is 3.69. The summed E-state index contributed by atoms with van der Waals surface area (Å²) in [5.41, 5.74) is 1.44. The molecule has 31 heavy (non-hydrogen) atoms. The average molecular weight is 442 g/mol. The van der Waals surface area contributed by atoms with Crippen LogP contribution in [-0.4, -0.2) is 51.1 Å². The second-order valence-corrected chi connectivity index (χ2v) is 9.23. The monoisotopic (exact) mass is 442 g/mol. The number of carbonyl (C=O) groups is 2. The van der Waals surface area contributed by atoms with E-state index in [4.69, 9.17) is 9.05 Å². The number of nitrogens with zero attached hydrogens (tertiary/aromatic N) is 4. The van der Waals surface area contributed by atoms with Crippen molar-refractivity contribution in [2.24, 2.45) is 0 Å². The maximum absolute atomic E-state index is 13.0. The Kier molecular flexibility index (Phi) is 6.00. The molecule has 1 aliphatic rings. The molecule has 4 rings (SSSR count). The highest BCUT2D eigenvalue weighted by molar-refractivity contribution is 7.53. The van der Waals surface area contributed by atoms with Crippen molar-refractivity contribution >= 4 is 30.2 Å². The van der Waals surface area contributed by atoms with Gasteiger partial charge >= 0.3 is 7.60 Å². The molecule has 3 aromatic rings. The molecular weight excluding hydrogens is 419 g/mol. The van der Waals surface area contributed by atoms with Gasteiger partial charge in [0.25, 0.3) is 11.8 Å². The van der Waals surface area contributed by atoms with Gasteiger partial charge in [-0.25, -0.2) is 0 Å². The molecule has 2 aromatic carbocycles. The maximum atomic E-state index is 13.0. The van der Waals surface area contributed by atoms with E-state index >= 15 is 0 Å². The Bertz CT molecular complexity index is 1130. The van der Waals surface area contributed by atoms with Gasteiger partial charge in [0.15, 0.2) is 0 Å². The second-order valence-electron chi connectivity index (χ2n) is 7.05. The summed E-state index contributed by atoms with van der Waals surface area (Å²) in [4.78, 5) is 27.2. The molecule has 2 amide bonds. The molecule has 9 nitrogen and oxygen atoms in total. The van der Waals surface area contributed by atoms with Gasteiger partial charge in [-0.05, 0) is 31.4 Å². The van der Waals surface area contributed by atoms with Gasteiger partial charge in [0.1, 0.15) is 5.69 Å². The Labute approximate surface area is 179 Å². The SMILES string of the molecule is CCOP(=O)(CCn1cc(CN2C(=O)c3cccc4cccc(c34)C2=O)nn1)OCC. The first kappa shape index (κ1) is 21.4. The van der Waals surface area contributed by atoms with Crippen molar-refractivity contribution < 1.29 is 23.2 Å². The van der Waals surface area contributed by atoms with Gasteiger partial charge in [-0.15, -0.1) is 5.10 Å². The van der Waals surface area contributed by atoms with E-state index in [0.29, 0.717) is 22.2 Å². The summed E-state index contributed by atoms with van der Waals surface area (Å²) in [7, 11) is -3.20. The fourth-order valence-corrected chi connectivity index (χ4v) is 5.26. The number of amides is 2. The van der Waals surface area contributed by atoms with Crippen LogP contribution >= 0.6 is 7.60 Å². The fraction of sp³-hybridized carbons (Fsp3) is 0.333. The molecule has 0 radical (unpaired) electrons. The zero-order chi connectivity index (χ0) is 22.0. The first-order valence-electron chi connectivity index (χ1n) is 10.1. The average Bonchev–Trinajstić information content (AvgIpc) is 3.21. The Morgan fingerprint density at radius 3 is 2.16 bits per heavy atom. The molecule has 0 spiro atoms. The third-order valence-electron chi connectivity index (χ3n) is 5.02. The van der Waals surface area contributed by atoms with E-state index < -0.39 is 7.60 Å². The van der Waals surface area contributed by atoms with Crippen LogP contribution in [0.4, 0.5) is 0 Å². The zero-order valence-corrected chi connectivity index (χ0v) is 18.2. The first-order chi connectivity index (χ1) is 15.0. The number of rotatable bonds is 9. The number of carbonyl (C=O) groups excluding carboxylic acids is 2. The third kappa shape index (κ3) is 4.17. The molecule has 0 aliphatic carbocycles. The van der Waals surface area contributed by atoms with Crippen LogP contribution in [0.15, 0.2) is 42.6 Å². The molecule has 0 unspecified atom stereocenters. The lowest BCUT2D eigenvalue weighted by Gasteiger charge is -2.26. The summed E-state index contributed by atoms with van der Waals surface area (Å²) in [6, 6.07) is 10.8. The standard InChI is InChI=1S/C21H23N4O5P/c1-3-29-31(28,30-4-2)12-11-24-13-16(22-23-24)14-25-20(26)17-9-5-7-15-8-6-10-18(19(15)17)21(25)27/h5-10,13H,3-4,11-12,14H2,1-2H3. The summed E-state index contributed by atoms with van der Waals surface area (Å²) in [5.74, 6) is -0.720. The number of hydrogen-bond donors (Lipinski definition) is 0. The van der Waals surface area contributed by atoms with Crippen LogP contribution < -0.4 is 0 Å².